The zero-order valence-corrected chi connectivity index (χ0v) is 14.2. The van der Waals surface area contributed by atoms with Gasteiger partial charge >= 0.3 is 0 Å². The first-order chi connectivity index (χ1) is 11.7. The van der Waals surface area contributed by atoms with Crippen molar-refractivity contribution in [1.29, 1.82) is 0 Å². The van der Waals surface area contributed by atoms with Gasteiger partial charge in [-0.3, -0.25) is 0 Å². The van der Waals surface area contributed by atoms with E-state index >= 15 is 0 Å². The first kappa shape index (κ1) is 16.4. The summed E-state index contributed by atoms with van der Waals surface area (Å²) in [5, 5.41) is 1.54. The molecule has 5 heteroatoms. The lowest BCUT2D eigenvalue weighted by molar-refractivity contribution is 0.363. The van der Waals surface area contributed by atoms with Crippen LogP contribution < -0.4 is 9.47 Å². The Morgan fingerprint density at radius 1 is 0.958 bits per heavy atom. The lowest BCUT2D eigenvalue weighted by Gasteiger charge is -2.05. The van der Waals surface area contributed by atoms with Gasteiger partial charge in [-0.05, 0) is 48.6 Å². The molecule has 3 aromatic rings. The molecule has 120 valence electrons. The summed E-state index contributed by atoms with van der Waals surface area (Å²) in [6.45, 7) is 0.523. The third kappa shape index (κ3) is 4.29. The topological polar surface area (TPSA) is 31.6 Å². The molecular formula is C19H13ClO3S. The normalized spacial score (nSPS) is 10.0. The maximum Gasteiger partial charge on any atom is 0.194 e. The summed E-state index contributed by atoms with van der Waals surface area (Å²) < 4.78 is 17.0. The summed E-state index contributed by atoms with van der Waals surface area (Å²) >= 11 is 10.9. The van der Waals surface area contributed by atoms with E-state index in [9.17, 15) is 0 Å². The fourth-order valence-electron chi connectivity index (χ4n) is 2.07. The highest BCUT2D eigenvalue weighted by Crippen LogP contribution is 2.25. The van der Waals surface area contributed by atoms with E-state index in [-0.39, 0.29) is 13.2 Å². The Hall–Kier alpha value is -2.48. The highest BCUT2D eigenvalue weighted by Gasteiger charge is 2.03. The van der Waals surface area contributed by atoms with Crippen LogP contribution in [0.15, 0.2) is 59.0 Å². The number of ether oxygens (including phenoxy) is 2. The Kier molecular flexibility index (Phi) is 5.37. The van der Waals surface area contributed by atoms with Crippen molar-refractivity contribution < 1.29 is 13.9 Å². The maximum absolute atomic E-state index is 5.81. The summed E-state index contributed by atoms with van der Waals surface area (Å²) in [5.41, 5.74) is 0.694. The van der Waals surface area contributed by atoms with Gasteiger partial charge in [-0.1, -0.05) is 35.6 Å². The monoisotopic (exact) mass is 356 g/mol. The first-order valence-electron chi connectivity index (χ1n) is 7.22. The van der Waals surface area contributed by atoms with Crippen LogP contribution in [-0.4, -0.2) is 13.2 Å². The van der Waals surface area contributed by atoms with Crippen LogP contribution in [0.3, 0.4) is 0 Å². The number of hydrogen-bond acceptors (Lipinski definition) is 4. The Morgan fingerprint density at radius 3 is 2.46 bits per heavy atom. The second-order valence-electron chi connectivity index (χ2n) is 4.81. The van der Waals surface area contributed by atoms with Crippen molar-refractivity contribution in [2.24, 2.45) is 0 Å². The molecule has 2 aromatic carbocycles. The summed E-state index contributed by atoms with van der Waals surface area (Å²) in [4.78, 5) is 0. The molecule has 3 rings (SSSR count). The van der Waals surface area contributed by atoms with Crippen LogP contribution in [0.25, 0.3) is 11.0 Å². The smallest absolute Gasteiger partial charge is 0.194 e. The summed E-state index contributed by atoms with van der Waals surface area (Å²) in [7, 11) is 0. The molecule has 0 atom stereocenters. The molecule has 0 saturated carbocycles. The standard InChI is InChI=1S/C19H13ClO3S/c20-14-7-9-15(10-8-14)21-11-3-4-12-22-18-13-19(24)23-17-6-2-1-5-16(17)18/h1-2,5-10,13H,11-12H2. The third-order valence-corrected chi connectivity index (χ3v) is 3.61. The molecule has 0 aliphatic heterocycles. The molecule has 0 saturated heterocycles. The van der Waals surface area contributed by atoms with Crippen LogP contribution in [0.4, 0.5) is 0 Å². The number of hydrogen-bond donors (Lipinski definition) is 0. The lowest BCUT2D eigenvalue weighted by atomic mass is 10.2. The fraction of sp³-hybridized carbons (Fsp3) is 0.105. The third-order valence-electron chi connectivity index (χ3n) is 3.16. The van der Waals surface area contributed by atoms with E-state index in [1.165, 1.54) is 0 Å². The highest BCUT2D eigenvalue weighted by atomic mass is 35.5. The summed E-state index contributed by atoms with van der Waals surface area (Å²) in [5.74, 6) is 7.20. The van der Waals surface area contributed by atoms with Crippen molar-refractivity contribution in [3.63, 3.8) is 0 Å². The highest BCUT2D eigenvalue weighted by molar-refractivity contribution is 7.71. The van der Waals surface area contributed by atoms with Crippen molar-refractivity contribution in [3.8, 4) is 23.3 Å². The average molecular weight is 357 g/mol. The van der Waals surface area contributed by atoms with Crippen molar-refractivity contribution >= 4 is 34.8 Å². The molecule has 1 heterocycles. The number of benzene rings is 2. The van der Waals surface area contributed by atoms with Crippen molar-refractivity contribution in [2.75, 3.05) is 13.2 Å². The van der Waals surface area contributed by atoms with E-state index in [1.807, 2.05) is 24.3 Å². The largest absolute Gasteiger partial charge is 0.481 e. The molecule has 3 nitrogen and oxygen atoms in total. The van der Waals surface area contributed by atoms with E-state index in [4.69, 9.17) is 37.7 Å². The molecule has 24 heavy (non-hydrogen) atoms. The van der Waals surface area contributed by atoms with Gasteiger partial charge in [0, 0.05) is 11.1 Å². The Labute approximate surface area is 149 Å². The average Bonchev–Trinajstić information content (AvgIpc) is 2.59. The molecule has 1 aromatic heterocycles. The molecule has 0 radical (unpaired) electrons. The second-order valence-corrected chi connectivity index (χ2v) is 5.65. The Morgan fingerprint density at radius 2 is 1.67 bits per heavy atom. The number of fused-ring (bicyclic) bond motifs is 1. The van der Waals surface area contributed by atoms with E-state index in [1.54, 1.807) is 30.3 Å². The quantitative estimate of drug-likeness (QED) is 0.470. The second kappa shape index (κ2) is 7.87. The van der Waals surface area contributed by atoms with Gasteiger partial charge in [0.1, 0.15) is 30.3 Å². The molecule has 0 unspecified atom stereocenters. The molecule has 0 aliphatic rings. The molecule has 0 bridgehead atoms. The van der Waals surface area contributed by atoms with E-state index in [0.29, 0.717) is 21.1 Å². The van der Waals surface area contributed by atoms with Gasteiger partial charge in [-0.2, -0.15) is 0 Å². The molecule has 0 amide bonds. The molecular weight excluding hydrogens is 344 g/mol. The maximum atomic E-state index is 5.81. The Bertz CT molecular complexity index is 952. The van der Waals surface area contributed by atoms with Crippen LogP contribution in [0.2, 0.25) is 5.02 Å². The van der Waals surface area contributed by atoms with Gasteiger partial charge in [0.2, 0.25) is 0 Å². The first-order valence-corrected chi connectivity index (χ1v) is 8.01. The lowest BCUT2D eigenvalue weighted by Crippen LogP contribution is -1.97. The number of halogens is 1. The summed E-state index contributed by atoms with van der Waals surface area (Å²) in [6, 6.07) is 16.4. The minimum atomic E-state index is 0.243. The van der Waals surface area contributed by atoms with Gasteiger partial charge in [0.25, 0.3) is 0 Å². The van der Waals surface area contributed by atoms with Crippen LogP contribution in [-0.2, 0) is 0 Å². The molecule has 0 N–H and O–H groups in total. The number of rotatable bonds is 4. The molecule has 0 aliphatic carbocycles. The molecule has 0 fully saturated rings. The van der Waals surface area contributed by atoms with Crippen LogP contribution in [0.1, 0.15) is 0 Å². The number of para-hydroxylation sites is 1. The Balaban J connectivity index is 1.57. The minimum Gasteiger partial charge on any atom is -0.481 e. The predicted octanol–water partition coefficient (Wildman–Crippen LogP) is 5.28. The van der Waals surface area contributed by atoms with Crippen molar-refractivity contribution in [1.82, 2.24) is 0 Å². The van der Waals surface area contributed by atoms with Gasteiger partial charge in [-0.15, -0.1) is 0 Å². The van der Waals surface area contributed by atoms with E-state index < -0.39 is 0 Å². The van der Waals surface area contributed by atoms with Crippen LogP contribution >= 0.6 is 23.8 Å². The molecule has 0 spiro atoms. The minimum absolute atomic E-state index is 0.243. The van der Waals surface area contributed by atoms with Crippen LogP contribution in [0, 0.1) is 16.5 Å². The predicted molar refractivity (Wildman–Crippen MR) is 97.3 cm³/mol. The van der Waals surface area contributed by atoms with Crippen molar-refractivity contribution in [3.05, 3.63) is 64.3 Å². The summed E-state index contributed by atoms with van der Waals surface area (Å²) in [6.07, 6.45) is 0. The van der Waals surface area contributed by atoms with Gasteiger partial charge in [0.05, 0.1) is 5.39 Å². The SMILES string of the molecule is S=c1cc(OCC#CCOc2ccc(Cl)cc2)c2ccccc2o1. The van der Waals surface area contributed by atoms with E-state index in [2.05, 4.69) is 11.8 Å². The van der Waals surface area contributed by atoms with Gasteiger partial charge in [-0.25, -0.2) is 0 Å². The zero-order chi connectivity index (χ0) is 16.8. The van der Waals surface area contributed by atoms with Gasteiger partial charge in [0.15, 0.2) is 4.71 Å². The van der Waals surface area contributed by atoms with Crippen molar-refractivity contribution in [2.45, 2.75) is 0 Å². The van der Waals surface area contributed by atoms with E-state index in [0.717, 1.165) is 11.1 Å². The van der Waals surface area contributed by atoms with Gasteiger partial charge < -0.3 is 13.9 Å². The zero-order valence-electron chi connectivity index (χ0n) is 12.6. The fourth-order valence-corrected chi connectivity index (χ4v) is 2.39. The van der Waals surface area contributed by atoms with Crippen LogP contribution in [0.5, 0.6) is 11.5 Å².